The predicted octanol–water partition coefficient (Wildman–Crippen LogP) is 3.60. The summed E-state index contributed by atoms with van der Waals surface area (Å²) in [5, 5.41) is 3.96. The SMILES string of the molecule is CCOC(=O)c1c(-c2ccc(Br)cc2OC)noc1C. The molecular weight excluding hydrogens is 326 g/mol. The van der Waals surface area contributed by atoms with Gasteiger partial charge in [-0.05, 0) is 32.0 Å². The van der Waals surface area contributed by atoms with Crippen LogP contribution in [-0.2, 0) is 4.74 Å². The van der Waals surface area contributed by atoms with E-state index in [1.54, 1.807) is 27.0 Å². The molecule has 0 spiro atoms. The number of hydrogen-bond donors (Lipinski definition) is 0. The van der Waals surface area contributed by atoms with E-state index in [2.05, 4.69) is 21.1 Å². The van der Waals surface area contributed by atoms with Crippen molar-refractivity contribution in [3.63, 3.8) is 0 Å². The summed E-state index contributed by atoms with van der Waals surface area (Å²) in [6.07, 6.45) is 0. The molecule has 0 fully saturated rings. The van der Waals surface area contributed by atoms with Crippen molar-refractivity contribution in [1.82, 2.24) is 5.16 Å². The van der Waals surface area contributed by atoms with Crippen molar-refractivity contribution in [3.8, 4) is 17.0 Å². The largest absolute Gasteiger partial charge is 0.496 e. The van der Waals surface area contributed by atoms with E-state index in [1.165, 1.54) is 0 Å². The Hall–Kier alpha value is -1.82. The number of aryl methyl sites for hydroxylation is 1. The third-order valence-corrected chi connectivity index (χ3v) is 3.25. The first kappa shape index (κ1) is 14.6. The van der Waals surface area contributed by atoms with E-state index in [1.807, 2.05) is 12.1 Å². The number of carbonyl (C=O) groups is 1. The fourth-order valence-corrected chi connectivity index (χ4v) is 2.20. The van der Waals surface area contributed by atoms with Crippen LogP contribution in [0.25, 0.3) is 11.3 Å². The highest BCUT2D eigenvalue weighted by molar-refractivity contribution is 9.10. The zero-order chi connectivity index (χ0) is 14.7. The maximum atomic E-state index is 12.0. The lowest BCUT2D eigenvalue weighted by Gasteiger charge is -2.08. The van der Waals surface area contributed by atoms with E-state index >= 15 is 0 Å². The number of carbonyl (C=O) groups excluding carboxylic acids is 1. The van der Waals surface area contributed by atoms with Crippen LogP contribution in [0.3, 0.4) is 0 Å². The second-order valence-corrected chi connectivity index (χ2v) is 4.94. The van der Waals surface area contributed by atoms with Gasteiger partial charge < -0.3 is 14.0 Å². The Kier molecular flexibility index (Phi) is 4.44. The molecule has 0 N–H and O–H groups in total. The van der Waals surface area contributed by atoms with E-state index in [9.17, 15) is 4.79 Å². The number of hydrogen-bond acceptors (Lipinski definition) is 5. The highest BCUT2D eigenvalue weighted by Crippen LogP contribution is 2.35. The Balaban J connectivity index is 2.56. The van der Waals surface area contributed by atoms with E-state index < -0.39 is 5.97 Å². The number of rotatable bonds is 4. The molecule has 0 aliphatic carbocycles. The Morgan fingerprint density at radius 2 is 2.20 bits per heavy atom. The molecule has 1 aromatic carbocycles. The molecule has 0 saturated heterocycles. The smallest absolute Gasteiger partial charge is 0.344 e. The van der Waals surface area contributed by atoms with Gasteiger partial charge in [0.1, 0.15) is 22.8 Å². The van der Waals surface area contributed by atoms with Gasteiger partial charge in [0, 0.05) is 10.0 Å². The molecule has 0 aliphatic heterocycles. The quantitative estimate of drug-likeness (QED) is 0.796. The van der Waals surface area contributed by atoms with E-state index in [0.29, 0.717) is 34.9 Å². The van der Waals surface area contributed by atoms with Crippen molar-refractivity contribution in [2.45, 2.75) is 13.8 Å². The van der Waals surface area contributed by atoms with Crippen molar-refractivity contribution in [2.75, 3.05) is 13.7 Å². The van der Waals surface area contributed by atoms with Crippen molar-refractivity contribution in [3.05, 3.63) is 34.0 Å². The lowest BCUT2D eigenvalue weighted by atomic mass is 10.1. The molecule has 6 heteroatoms. The number of benzene rings is 1. The standard InChI is InChI=1S/C14H14BrNO4/c1-4-19-14(17)12-8(2)20-16-13(12)10-6-5-9(15)7-11(10)18-3/h5-7H,4H2,1-3H3. The average Bonchev–Trinajstić information content (AvgIpc) is 2.80. The minimum atomic E-state index is -0.453. The molecule has 106 valence electrons. The van der Waals surface area contributed by atoms with Crippen LogP contribution in [0.15, 0.2) is 27.2 Å². The summed E-state index contributed by atoms with van der Waals surface area (Å²) in [6.45, 7) is 3.72. The van der Waals surface area contributed by atoms with Crippen molar-refractivity contribution in [1.29, 1.82) is 0 Å². The maximum absolute atomic E-state index is 12.0. The van der Waals surface area contributed by atoms with Crippen LogP contribution in [0.4, 0.5) is 0 Å². The molecule has 0 unspecified atom stereocenters. The zero-order valence-corrected chi connectivity index (χ0v) is 13.0. The second kappa shape index (κ2) is 6.09. The van der Waals surface area contributed by atoms with Gasteiger partial charge in [-0.25, -0.2) is 4.79 Å². The lowest BCUT2D eigenvalue weighted by molar-refractivity contribution is 0.0525. The monoisotopic (exact) mass is 339 g/mol. The molecular formula is C14H14BrNO4. The van der Waals surface area contributed by atoms with Gasteiger partial charge in [-0.3, -0.25) is 0 Å². The van der Waals surface area contributed by atoms with Gasteiger partial charge in [0.25, 0.3) is 0 Å². The van der Waals surface area contributed by atoms with E-state index in [-0.39, 0.29) is 0 Å². The van der Waals surface area contributed by atoms with Gasteiger partial charge in [-0.1, -0.05) is 21.1 Å². The maximum Gasteiger partial charge on any atom is 0.344 e. The Bertz CT molecular complexity index is 636. The van der Waals surface area contributed by atoms with Crippen molar-refractivity contribution >= 4 is 21.9 Å². The van der Waals surface area contributed by atoms with Crippen LogP contribution in [0.2, 0.25) is 0 Å². The number of ether oxygens (including phenoxy) is 2. The first-order valence-corrected chi connectivity index (χ1v) is 6.85. The highest BCUT2D eigenvalue weighted by atomic mass is 79.9. The molecule has 1 aromatic heterocycles. The number of methoxy groups -OCH3 is 1. The van der Waals surface area contributed by atoms with Crippen molar-refractivity contribution in [2.24, 2.45) is 0 Å². The number of nitrogens with zero attached hydrogens (tertiary/aromatic N) is 1. The average molecular weight is 340 g/mol. The second-order valence-electron chi connectivity index (χ2n) is 4.03. The zero-order valence-electron chi connectivity index (χ0n) is 11.4. The van der Waals surface area contributed by atoms with E-state index in [0.717, 1.165) is 4.47 Å². The molecule has 0 aliphatic rings. The van der Waals surface area contributed by atoms with Crippen LogP contribution >= 0.6 is 15.9 Å². The van der Waals surface area contributed by atoms with Crippen LogP contribution in [0.5, 0.6) is 5.75 Å². The highest BCUT2D eigenvalue weighted by Gasteiger charge is 2.24. The fraction of sp³-hybridized carbons (Fsp3) is 0.286. The van der Waals surface area contributed by atoms with Crippen LogP contribution in [0, 0.1) is 6.92 Å². The first-order chi connectivity index (χ1) is 9.58. The molecule has 20 heavy (non-hydrogen) atoms. The van der Waals surface area contributed by atoms with Crippen molar-refractivity contribution < 1.29 is 18.8 Å². The molecule has 0 saturated carbocycles. The molecule has 2 aromatic rings. The third-order valence-electron chi connectivity index (χ3n) is 2.76. The Labute approximate surface area is 125 Å². The molecule has 5 nitrogen and oxygen atoms in total. The van der Waals surface area contributed by atoms with Crippen LogP contribution < -0.4 is 4.74 Å². The minimum Gasteiger partial charge on any atom is -0.496 e. The number of halogens is 1. The lowest BCUT2D eigenvalue weighted by Crippen LogP contribution is -2.07. The van der Waals surface area contributed by atoms with Gasteiger partial charge in [-0.2, -0.15) is 0 Å². The first-order valence-electron chi connectivity index (χ1n) is 6.05. The third kappa shape index (κ3) is 2.70. The summed E-state index contributed by atoms with van der Waals surface area (Å²) in [5.41, 5.74) is 1.42. The fourth-order valence-electron chi connectivity index (χ4n) is 1.86. The minimum absolute atomic E-state index is 0.292. The summed E-state index contributed by atoms with van der Waals surface area (Å²) < 4.78 is 16.4. The van der Waals surface area contributed by atoms with Crippen LogP contribution in [-0.4, -0.2) is 24.8 Å². The topological polar surface area (TPSA) is 61.6 Å². The molecule has 1 heterocycles. The summed E-state index contributed by atoms with van der Waals surface area (Å²) in [6, 6.07) is 5.45. The van der Waals surface area contributed by atoms with Crippen LogP contribution in [0.1, 0.15) is 23.0 Å². The summed E-state index contributed by atoms with van der Waals surface area (Å²) in [4.78, 5) is 12.0. The Morgan fingerprint density at radius 3 is 2.85 bits per heavy atom. The normalized spacial score (nSPS) is 10.4. The van der Waals surface area contributed by atoms with Gasteiger partial charge in [-0.15, -0.1) is 0 Å². The van der Waals surface area contributed by atoms with E-state index in [4.69, 9.17) is 14.0 Å². The van der Waals surface area contributed by atoms with Gasteiger partial charge in [0.15, 0.2) is 0 Å². The molecule has 2 rings (SSSR count). The molecule has 0 radical (unpaired) electrons. The summed E-state index contributed by atoms with van der Waals surface area (Å²) in [7, 11) is 1.56. The number of esters is 1. The molecule has 0 bridgehead atoms. The van der Waals surface area contributed by atoms with Gasteiger partial charge in [0.2, 0.25) is 0 Å². The summed E-state index contributed by atoms with van der Waals surface area (Å²) in [5.74, 6) is 0.563. The molecule has 0 atom stereocenters. The summed E-state index contributed by atoms with van der Waals surface area (Å²) >= 11 is 3.37. The predicted molar refractivity (Wildman–Crippen MR) is 76.9 cm³/mol. The number of aromatic nitrogens is 1. The van der Waals surface area contributed by atoms with Gasteiger partial charge >= 0.3 is 5.97 Å². The molecule has 0 amide bonds. The van der Waals surface area contributed by atoms with Gasteiger partial charge in [0.05, 0.1) is 13.7 Å². The Morgan fingerprint density at radius 1 is 1.45 bits per heavy atom.